The number of nitrogens with one attached hydrogen (secondary N) is 1. The van der Waals surface area contributed by atoms with Crippen molar-refractivity contribution in [1.29, 1.82) is 0 Å². The quantitative estimate of drug-likeness (QED) is 0.694. The number of imide groups is 1. The molecular formula is C13H22N2O2. The van der Waals surface area contributed by atoms with Crippen molar-refractivity contribution < 1.29 is 9.59 Å². The van der Waals surface area contributed by atoms with E-state index in [2.05, 4.69) is 31.1 Å². The molecule has 2 rings (SSSR count). The van der Waals surface area contributed by atoms with E-state index in [1.165, 1.54) is 0 Å². The summed E-state index contributed by atoms with van der Waals surface area (Å²) in [5.41, 5.74) is -0.124. The molecule has 0 aliphatic carbocycles. The van der Waals surface area contributed by atoms with Crippen molar-refractivity contribution in [2.45, 2.75) is 33.1 Å². The molecule has 0 saturated carbocycles. The summed E-state index contributed by atoms with van der Waals surface area (Å²) in [6, 6.07) is 0. The zero-order valence-corrected chi connectivity index (χ0v) is 11.0. The second-order valence-corrected chi connectivity index (χ2v) is 6.01. The van der Waals surface area contributed by atoms with E-state index in [1.807, 2.05) is 0 Å². The highest BCUT2D eigenvalue weighted by Crippen LogP contribution is 2.45. The summed E-state index contributed by atoms with van der Waals surface area (Å²) >= 11 is 0. The van der Waals surface area contributed by atoms with Crippen LogP contribution in [0.1, 0.15) is 33.1 Å². The van der Waals surface area contributed by atoms with Crippen LogP contribution in [0.2, 0.25) is 0 Å². The van der Waals surface area contributed by atoms with Crippen molar-refractivity contribution in [3.63, 3.8) is 0 Å². The minimum atomic E-state index is -0.124. The van der Waals surface area contributed by atoms with Gasteiger partial charge in [-0.3, -0.25) is 14.9 Å². The molecule has 2 saturated heterocycles. The Labute approximate surface area is 103 Å². The van der Waals surface area contributed by atoms with Gasteiger partial charge in [0.1, 0.15) is 0 Å². The van der Waals surface area contributed by atoms with E-state index in [9.17, 15) is 9.59 Å². The van der Waals surface area contributed by atoms with Crippen molar-refractivity contribution >= 4 is 11.8 Å². The lowest BCUT2D eigenvalue weighted by molar-refractivity contribution is -0.148. The zero-order chi connectivity index (χ0) is 12.6. The van der Waals surface area contributed by atoms with Crippen LogP contribution in [0, 0.1) is 17.3 Å². The van der Waals surface area contributed by atoms with Gasteiger partial charge in [-0.25, -0.2) is 0 Å². The molecule has 0 aromatic heterocycles. The monoisotopic (exact) mass is 238 g/mol. The first-order chi connectivity index (χ1) is 7.94. The van der Waals surface area contributed by atoms with Crippen LogP contribution in [0.25, 0.3) is 0 Å². The maximum Gasteiger partial charge on any atom is 0.230 e. The van der Waals surface area contributed by atoms with Crippen LogP contribution in [-0.2, 0) is 9.59 Å². The Hall–Kier alpha value is -0.900. The Balaban J connectivity index is 2.31. The summed E-state index contributed by atoms with van der Waals surface area (Å²) in [4.78, 5) is 26.0. The van der Waals surface area contributed by atoms with Gasteiger partial charge in [0.15, 0.2) is 0 Å². The molecule has 1 spiro atoms. The van der Waals surface area contributed by atoms with Crippen LogP contribution in [0.15, 0.2) is 0 Å². The topological polar surface area (TPSA) is 49.4 Å². The number of likely N-dealkylation sites (tertiary alicyclic amines) is 1. The number of nitrogens with zero attached hydrogens (tertiary/aromatic N) is 1. The summed E-state index contributed by atoms with van der Waals surface area (Å²) in [6.45, 7) is 6.10. The van der Waals surface area contributed by atoms with Crippen molar-refractivity contribution in [2.24, 2.45) is 17.3 Å². The molecule has 0 bridgehead atoms. The van der Waals surface area contributed by atoms with Crippen molar-refractivity contribution in [3.05, 3.63) is 0 Å². The number of piperidine rings is 2. The molecule has 2 amide bonds. The van der Waals surface area contributed by atoms with Gasteiger partial charge in [-0.15, -0.1) is 0 Å². The third-order valence-corrected chi connectivity index (χ3v) is 4.18. The highest BCUT2D eigenvalue weighted by molar-refractivity contribution is 5.99. The fourth-order valence-corrected chi connectivity index (χ4v) is 3.77. The number of rotatable bonds is 1. The van der Waals surface area contributed by atoms with Gasteiger partial charge >= 0.3 is 0 Å². The van der Waals surface area contributed by atoms with E-state index < -0.39 is 0 Å². The normalized spacial score (nSPS) is 35.4. The number of carbonyl (C=O) groups excluding carboxylic acids is 2. The number of hydrogen-bond acceptors (Lipinski definition) is 3. The first-order valence-corrected chi connectivity index (χ1v) is 6.47. The van der Waals surface area contributed by atoms with Crippen LogP contribution >= 0.6 is 0 Å². The van der Waals surface area contributed by atoms with E-state index in [0.717, 1.165) is 25.9 Å². The lowest BCUT2D eigenvalue weighted by Crippen LogP contribution is -2.59. The molecule has 4 nitrogen and oxygen atoms in total. The minimum Gasteiger partial charge on any atom is -0.306 e. The second-order valence-electron chi connectivity index (χ2n) is 6.01. The molecule has 96 valence electrons. The maximum absolute atomic E-state index is 12.1. The highest BCUT2D eigenvalue weighted by Gasteiger charge is 2.50. The highest BCUT2D eigenvalue weighted by atomic mass is 16.2. The predicted octanol–water partition coefficient (Wildman–Crippen LogP) is 1.02. The molecule has 2 fully saturated rings. The number of hydrogen-bond donors (Lipinski definition) is 1. The Morgan fingerprint density at radius 1 is 1.41 bits per heavy atom. The first kappa shape index (κ1) is 12.6. The zero-order valence-electron chi connectivity index (χ0n) is 11.0. The maximum atomic E-state index is 12.1. The van der Waals surface area contributed by atoms with Crippen molar-refractivity contribution in [1.82, 2.24) is 10.2 Å². The molecule has 4 heteroatoms. The van der Waals surface area contributed by atoms with Gasteiger partial charge in [0.25, 0.3) is 0 Å². The molecule has 2 atom stereocenters. The van der Waals surface area contributed by atoms with Gasteiger partial charge in [-0.05, 0) is 32.4 Å². The van der Waals surface area contributed by atoms with Gasteiger partial charge in [0.05, 0.1) is 0 Å². The first-order valence-electron chi connectivity index (χ1n) is 6.47. The van der Waals surface area contributed by atoms with E-state index in [1.54, 1.807) is 0 Å². The molecule has 0 aromatic rings. The SMILES string of the molecule is CC(C)C1C(=O)NC(=O)CC12CCCN(C)C2. The molecule has 0 aromatic carbocycles. The summed E-state index contributed by atoms with van der Waals surface area (Å²) in [7, 11) is 2.08. The van der Waals surface area contributed by atoms with Crippen LogP contribution < -0.4 is 5.32 Å². The third kappa shape index (κ3) is 2.23. The molecule has 2 unspecified atom stereocenters. The van der Waals surface area contributed by atoms with Crippen LogP contribution in [-0.4, -0.2) is 36.9 Å². The van der Waals surface area contributed by atoms with E-state index in [-0.39, 0.29) is 29.1 Å². The van der Waals surface area contributed by atoms with Gasteiger partial charge in [-0.2, -0.15) is 0 Å². The summed E-state index contributed by atoms with van der Waals surface area (Å²) in [5, 5.41) is 2.50. The van der Waals surface area contributed by atoms with Gasteiger partial charge in [-0.1, -0.05) is 13.8 Å². The van der Waals surface area contributed by atoms with Crippen molar-refractivity contribution in [2.75, 3.05) is 20.1 Å². The van der Waals surface area contributed by atoms with E-state index in [4.69, 9.17) is 0 Å². The lowest BCUT2D eigenvalue weighted by atomic mass is 9.62. The van der Waals surface area contributed by atoms with Crippen molar-refractivity contribution in [3.8, 4) is 0 Å². The summed E-state index contributed by atoms with van der Waals surface area (Å²) < 4.78 is 0. The molecule has 2 aliphatic rings. The Kier molecular flexibility index (Phi) is 3.25. The van der Waals surface area contributed by atoms with E-state index >= 15 is 0 Å². The second kappa shape index (κ2) is 4.41. The predicted molar refractivity (Wildman–Crippen MR) is 65.3 cm³/mol. The van der Waals surface area contributed by atoms with E-state index in [0.29, 0.717) is 6.42 Å². The minimum absolute atomic E-state index is 0.0250. The summed E-state index contributed by atoms with van der Waals surface area (Å²) in [6.07, 6.45) is 2.59. The van der Waals surface area contributed by atoms with Gasteiger partial charge in [0.2, 0.25) is 11.8 Å². The molecule has 2 aliphatic heterocycles. The van der Waals surface area contributed by atoms with Gasteiger partial charge in [0, 0.05) is 24.3 Å². The smallest absolute Gasteiger partial charge is 0.230 e. The Bertz CT molecular complexity index is 340. The van der Waals surface area contributed by atoms with Crippen LogP contribution in [0.4, 0.5) is 0 Å². The average molecular weight is 238 g/mol. The lowest BCUT2D eigenvalue weighted by Gasteiger charge is -2.49. The number of carbonyl (C=O) groups is 2. The van der Waals surface area contributed by atoms with Gasteiger partial charge < -0.3 is 4.90 Å². The number of amides is 2. The fourth-order valence-electron chi connectivity index (χ4n) is 3.77. The molecule has 17 heavy (non-hydrogen) atoms. The largest absolute Gasteiger partial charge is 0.306 e. The molecule has 1 N–H and O–H groups in total. The Morgan fingerprint density at radius 2 is 2.12 bits per heavy atom. The Morgan fingerprint density at radius 3 is 2.71 bits per heavy atom. The fraction of sp³-hybridized carbons (Fsp3) is 0.846. The van der Waals surface area contributed by atoms with Crippen LogP contribution in [0.3, 0.4) is 0 Å². The molecule has 2 heterocycles. The third-order valence-electron chi connectivity index (χ3n) is 4.18. The van der Waals surface area contributed by atoms with Crippen LogP contribution in [0.5, 0.6) is 0 Å². The summed E-state index contributed by atoms with van der Waals surface area (Å²) in [5.74, 6) is 0.103. The average Bonchev–Trinajstić information content (AvgIpc) is 2.13. The molecular weight excluding hydrogens is 216 g/mol. The molecule has 0 radical (unpaired) electrons. The standard InChI is InChI=1S/C13H22N2O2/c1-9(2)11-12(17)14-10(16)7-13(11)5-4-6-15(3)8-13/h9,11H,4-8H2,1-3H3,(H,14,16,17).